The summed E-state index contributed by atoms with van der Waals surface area (Å²) in [5.41, 5.74) is 4.56. The molecule has 0 saturated carbocycles. The van der Waals surface area contributed by atoms with Crippen LogP contribution in [-0.2, 0) is 12.8 Å². The van der Waals surface area contributed by atoms with Crippen LogP contribution in [0.15, 0.2) is 12.4 Å². The van der Waals surface area contributed by atoms with Gasteiger partial charge in [-0.2, -0.15) is 0 Å². The van der Waals surface area contributed by atoms with Crippen LogP contribution in [0.4, 0.5) is 0 Å². The van der Waals surface area contributed by atoms with E-state index in [1.54, 1.807) is 5.56 Å². The maximum Gasteiger partial charge on any atom is 0.0305 e. The molecule has 0 saturated heterocycles. The number of fused-ring (bicyclic) bond motifs is 1. The second-order valence-corrected chi connectivity index (χ2v) is 4.23. The molecule has 0 aromatic carbocycles. The summed E-state index contributed by atoms with van der Waals surface area (Å²) >= 11 is 0. The maximum atomic E-state index is 4.32. The minimum absolute atomic E-state index is 0.626. The van der Waals surface area contributed by atoms with Crippen molar-refractivity contribution in [3.63, 3.8) is 0 Å². The molecule has 0 radical (unpaired) electrons. The van der Waals surface area contributed by atoms with Crippen LogP contribution in [0.3, 0.4) is 0 Å². The number of rotatable bonds is 1. The van der Waals surface area contributed by atoms with Crippen molar-refractivity contribution in [2.75, 3.05) is 0 Å². The summed E-state index contributed by atoms with van der Waals surface area (Å²) in [5.74, 6) is 0.626. The van der Waals surface area contributed by atoms with E-state index in [-0.39, 0.29) is 0 Å². The first-order valence-corrected chi connectivity index (χ1v) is 5.24. The summed E-state index contributed by atoms with van der Waals surface area (Å²) in [6.45, 7) is 4.51. The molecular weight excluding hydrogens is 158 g/mol. The average Bonchev–Trinajstić information content (AvgIpc) is 2.17. The average molecular weight is 175 g/mol. The molecular formula is C12H17N. The van der Waals surface area contributed by atoms with Gasteiger partial charge in [-0.05, 0) is 48.3 Å². The van der Waals surface area contributed by atoms with Crippen LogP contribution < -0.4 is 0 Å². The normalized spacial score (nSPS) is 15.9. The molecule has 70 valence electrons. The Balaban J connectivity index is 2.46. The predicted octanol–water partition coefficient (Wildman–Crippen LogP) is 3.08. The monoisotopic (exact) mass is 175 g/mol. The Morgan fingerprint density at radius 1 is 1.15 bits per heavy atom. The van der Waals surface area contributed by atoms with Gasteiger partial charge in [0.2, 0.25) is 0 Å². The summed E-state index contributed by atoms with van der Waals surface area (Å²) in [4.78, 5) is 4.32. The lowest BCUT2D eigenvalue weighted by atomic mass is 9.87. The van der Waals surface area contributed by atoms with E-state index in [9.17, 15) is 0 Å². The fourth-order valence-corrected chi connectivity index (χ4v) is 2.18. The Kier molecular flexibility index (Phi) is 2.34. The van der Waals surface area contributed by atoms with Crippen molar-refractivity contribution in [2.24, 2.45) is 0 Å². The molecule has 1 aromatic rings. The number of pyridine rings is 1. The second kappa shape index (κ2) is 3.49. The fourth-order valence-electron chi connectivity index (χ4n) is 2.18. The van der Waals surface area contributed by atoms with Gasteiger partial charge in [0.1, 0.15) is 0 Å². The highest BCUT2D eigenvalue weighted by Gasteiger charge is 2.14. The van der Waals surface area contributed by atoms with Gasteiger partial charge in [0.25, 0.3) is 0 Å². The highest BCUT2D eigenvalue weighted by Crippen LogP contribution is 2.27. The smallest absolute Gasteiger partial charge is 0.0305 e. The molecule has 1 aromatic heterocycles. The lowest BCUT2D eigenvalue weighted by molar-refractivity contribution is 0.665. The van der Waals surface area contributed by atoms with Gasteiger partial charge in [-0.15, -0.1) is 0 Å². The van der Waals surface area contributed by atoms with E-state index in [0.717, 1.165) is 0 Å². The molecule has 2 rings (SSSR count). The summed E-state index contributed by atoms with van der Waals surface area (Å²) < 4.78 is 0. The van der Waals surface area contributed by atoms with Gasteiger partial charge < -0.3 is 0 Å². The summed E-state index contributed by atoms with van der Waals surface area (Å²) in [7, 11) is 0. The van der Waals surface area contributed by atoms with Gasteiger partial charge in [-0.25, -0.2) is 0 Å². The van der Waals surface area contributed by atoms with Crippen LogP contribution >= 0.6 is 0 Å². The van der Waals surface area contributed by atoms with Gasteiger partial charge in [-0.1, -0.05) is 13.8 Å². The summed E-state index contributed by atoms with van der Waals surface area (Å²) in [6, 6.07) is 0. The first-order chi connectivity index (χ1) is 6.29. The quantitative estimate of drug-likeness (QED) is 0.639. The topological polar surface area (TPSA) is 12.9 Å². The highest BCUT2D eigenvalue weighted by atomic mass is 14.6. The van der Waals surface area contributed by atoms with E-state index in [0.29, 0.717) is 5.92 Å². The molecule has 0 bridgehead atoms. The zero-order valence-electron chi connectivity index (χ0n) is 8.51. The first-order valence-electron chi connectivity index (χ1n) is 5.24. The number of hydrogen-bond acceptors (Lipinski definition) is 1. The molecule has 0 aliphatic heterocycles. The second-order valence-electron chi connectivity index (χ2n) is 4.23. The van der Waals surface area contributed by atoms with Crippen molar-refractivity contribution in [1.82, 2.24) is 4.98 Å². The molecule has 0 spiro atoms. The molecule has 1 aliphatic carbocycles. The number of hydrogen-bond donors (Lipinski definition) is 0. The highest BCUT2D eigenvalue weighted by molar-refractivity contribution is 5.35. The molecule has 13 heavy (non-hydrogen) atoms. The third-order valence-corrected chi connectivity index (χ3v) is 2.92. The third-order valence-electron chi connectivity index (χ3n) is 2.92. The van der Waals surface area contributed by atoms with E-state index in [1.165, 1.54) is 36.8 Å². The number of nitrogens with zero attached hydrogens (tertiary/aromatic N) is 1. The van der Waals surface area contributed by atoms with Crippen molar-refractivity contribution in [2.45, 2.75) is 45.4 Å². The Morgan fingerprint density at radius 2 is 1.92 bits per heavy atom. The van der Waals surface area contributed by atoms with Crippen LogP contribution in [0.2, 0.25) is 0 Å². The Bertz CT molecular complexity index is 302. The molecule has 1 heterocycles. The van der Waals surface area contributed by atoms with Gasteiger partial charge >= 0.3 is 0 Å². The number of aryl methyl sites for hydroxylation is 1. The SMILES string of the molecule is CC(C)c1cncc2c1CCCC2. The third kappa shape index (κ3) is 1.60. The van der Waals surface area contributed by atoms with E-state index in [1.807, 2.05) is 0 Å². The van der Waals surface area contributed by atoms with Gasteiger partial charge in [-0.3, -0.25) is 4.98 Å². The lowest BCUT2D eigenvalue weighted by Crippen LogP contribution is -2.08. The molecule has 0 amide bonds. The lowest BCUT2D eigenvalue weighted by Gasteiger charge is -2.20. The summed E-state index contributed by atoms with van der Waals surface area (Å²) in [6.07, 6.45) is 9.32. The van der Waals surface area contributed by atoms with E-state index in [2.05, 4.69) is 31.2 Å². The Hall–Kier alpha value is -0.850. The number of aromatic nitrogens is 1. The Morgan fingerprint density at radius 3 is 2.69 bits per heavy atom. The van der Waals surface area contributed by atoms with Gasteiger partial charge in [0.05, 0.1) is 0 Å². The van der Waals surface area contributed by atoms with Crippen LogP contribution in [0, 0.1) is 0 Å². The van der Waals surface area contributed by atoms with Crippen molar-refractivity contribution >= 4 is 0 Å². The van der Waals surface area contributed by atoms with Crippen molar-refractivity contribution in [1.29, 1.82) is 0 Å². The maximum absolute atomic E-state index is 4.32. The molecule has 1 heteroatoms. The molecule has 0 atom stereocenters. The van der Waals surface area contributed by atoms with Crippen LogP contribution in [0.1, 0.15) is 49.3 Å². The molecule has 1 aliphatic rings. The van der Waals surface area contributed by atoms with Crippen LogP contribution in [-0.4, -0.2) is 4.98 Å². The van der Waals surface area contributed by atoms with E-state index >= 15 is 0 Å². The molecule has 1 nitrogen and oxygen atoms in total. The minimum Gasteiger partial charge on any atom is -0.264 e. The zero-order chi connectivity index (χ0) is 9.26. The van der Waals surface area contributed by atoms with Crippen molar-refractivity contribution in [3.05, 3.63) is 29.1 Å². The molecule has 0 fully saturated rings. The Labute approximate surface area is 80.2 Å². The minimum atomic E-state index is 0.626. The van der Waals surface area contributed by atoms with Crippen molar-refractivity contribution < 1.29 is 0 Å². The van der Waals surface area contributed by atoms with Crippen LogP contribution in [0.5, 0.6) is 0 Å². The van der Waals surface area contributed by atoms with E-state index in [4.69, 9.17) is 0 Å². The zero-order valence-corrected chi connectivity index (χ0v) is 8.51. The van der Waals surface area contributed by atoms with Crippen molar-refractivity contribution in [3.8, 4) is 0 Å². The summed E-state index contributed by atoms with van der Waals surface area (Å²) in [5, 5.41) is 0. The van der Waals surface area contributed by atoms with E-state index < -0.39 is 0 Å². The fraction of sp³-hybridized carbons (Fsp3) is 0.583. The van der Waals surface area contributed by atoms with Gasteiger partial charge in [0.15, 0.2) is 0 Å². The molecule has 0 unspecified atom stereocenters. The largest absolute Gasteiger partial charge is 0.264 e. The molecule has 0 N–H and O–H groups in total. The standard InChI is InChI=1S/C12H17N/c1-9(2)12-8-13-7-10-5-3-4-6-11(10)12/h7-9H,3-6H2,1-2H3. The van der Waals surface area contributed by atoms with Gasteiger partial charge in [0, 0.05) is 12.4 Å². The van der Waals surface area contributed by atoms with Crippen LogP contribution in [0.25, 0.3) is 0 Å². The first kappa shape index (κ1) is 8.74. The predicted molar refractivity (Wildman–Crippen MR) is 55.0 cm³/mol.